The number of hydrogen-bond acceptors (Lipinski definition) is 2. The summed E-state index contributed by atoms with van der Waals surface area (Å²) in [6, 6.07) is 7.04. The predicted octanol–water partition coefficient (Wildman–Crippen LogP) is 3.17. The van der Waals surface area contributed by atoms with Crippen LogP contribution in [0, 0.1) is 0 Å². The molecular formula is C11H14BrF3N2. The minimum Gasteiger partial charge on any atom is -0.271 e. The molecule has 3 N–H and O–H groups in total. The third-order valence-corrected chi connectivity index (χ3v) is 3.21. The lowest BCUT2D eigenvalue weighted by atomic mass is 10.0. The van der Waals surface area contributed by atoms with Crippen molar-refractivity contribution < 1.29 is 13.2 Å². The van der Waals surface area contributed by atoms with E-state index in [1.165, 1.54) is 0 Å². The van der Waals surface area contributed by atoms with E-state index in [1.54, 1.807) is 0 Å². The van der Waals surface area contributed by atoms with Crippen LogP contribution in [0.1, 0.15) is 18.4 Å². The first-order valence-electron chi connectivity index (χ1n) is 5.18. The van der Waals surface area contributed by atoms with Crippen molar-refractivity contribution in [2.75, 3.05) is 0 Å². The molecule has 1 atom stereocenters. The van der Waals surface area contributed by atoms with Gasteiger partial charge in [-0.3, -0.25) is 11.3 Å². The second-order valence-electron chi connectivity index (χ2n) is 3.81. The summed E-state index contributed by atoms with van der Waals surface area (Å²) in [5.41, 5.74) is 3.37. The van der Waals surface area contributed by atoms with Gasteiger partial charge in [0, 0.05) is 16.9 Å². The quantitative estimate of drug-likeness (QED) is 0.647. The van der Waals surface area contributed by atoms with Gasteiger partial charge in [0.2, 0.25) is 0 Å². The van der Waals surface area contributed by atoms with Crippen LogP contribution in [0.3, 0.4) is 0 Å². The van der Waals surface area contributed by atoms with Crippen LogP contribution in [-0.4, -0.2) is 12.2 Å². The molecule has 0 saturated carbocycles. The van der Waals surface area contributed by atoms with Crippen molar-refractivity contribution in [2.45, 2.75) is 31.5 Å². The van der Waals surface area contributed by atoms with Gasteiger partial charge in [0.1, 0.15) is 0 Å². The standard InChI is InChI=1S/C11H14BrF3N2/c12-10-4-2-1-3-8(10)7-9(17-16)5-6-11(13,14)15/h1-4,9,17H,5-7,16H2. The molecular weight excluding hydrogens is 297 g/mol. The molecule has 0 saturated heterocycles. The van der Waals surface area contributed by atoms with Gasteiger partial charge in [-0.25, -0.2) is 0 Å². The third-order valence-electron chi connectivity index (χ3n) is 2.44. The van der Waals surface area contributed by atoms with Crippen molar-refractivity contribution >= 4 is 15.9 Å². The third kappa shape index (κ3) is 5.52. The number of rotatable bonds is 5. The summed E-state index contributed by atoms with van der Waals surface area (Å²) in [4.78, 5) is 0. The summed E-state index contributed by atoms with van der Waals surface area (Å²) in [7, 11) is 0. The average Bonchev–Trinajstić information content (AvgIpc) is 2.25. The van der Waals surface area contributed by atoms with E-state index in [-0.39, 0.29) is 12.5 Å². The summed E-state index contributed by atoms with van der Waals surface area (Å²) in [6.45, 7) is 0. The van der Waals surface area contributed by atoms with Gasteiger partial charge in [-0.05, 0) is 24.5 Å². The Morgan fingerprint density at radius 3 is 2.47 bits per heavy atom. The van der Waals surface area contributed by atoms with Gasteiger partial charge in [-0.15, -0.1) is 0 Å². The fraction of sp³-hybridized carbons (Fsp3) is 0.455. The molecule has 0 bridgehead atoms. The Bertz CT molecular complexity index is 355. The summed E-state index contributed by atoms with van der Waals surface area (Å²) in [6.07, 6.45) is -4.52. The van der Waals surface area contributed by atoms with E-state index in [0.717, 1.165) is 10.0 Å². The van der Waals surface area contributed by atoms with Crippen molar-refractivity contribution in [3.05, 3.63) is 34.3 Å². The molecule has 1 rings (SSSR count). The lowest BCUT2D eigenvalue weighted by molar-refractivity contribution is -0.136. The number of halogens is 4. The smallest absolute Gasteiger partial charge is 0.271 e. The minimum atomic E-state index is -4.14. The van der Waals surface area contributed by atoms with Crippen molar-refractivity contribution in [3.63, 3.8) is 0 Å². The lowest BCUT2D eigenvalue weighted by Crippen LogP contribution is -2.37. The lowest BCUT2D eigenvalue weighted by Gasteiger charge is -2.17. The Morgan fingerprint density at radius 1 is 1.29 bits per heavy atom. The van der Waals surface area contributed by atoms with Gasteiger partial charge in [0.05, 0.1) is 0 Å². The van der Waals surface area contributed by atoms with Gasteiger partial charge in [0.15, 0.2) is 0 Å². The van der Waals surface area contributed by atoms with E-state index in [4.69, 9.17) is 5.84 Å². The molecule has 1 aromatic rings. The molecule has 0 amide bonds. The van der Waals surface area contributed by atoms with Gasteiger partial charge in [0.25, 0.3) is 0 Å². The summed E-state index contributed by atoms with van der Waals surface area (Å²) in [5.74, 6) is 5.27. The van der Waals surface area contributed by atoms with Crippen LogP contribution in [0.5, 0.6) is 0 Å². The molecule has 0 fully saturated rings. The second kappa shape index (κ2) is 6.37. The Balaban J connectivity index is 2.56. The highest BCUT2D eigenvalue weighted by Crippen LogP contribution is 2.24. The number of alkyl halides is 3. The van der Waals surface area contributed by atoms with E-state index in [9.17, 15) is 13.2 Å². The zero-order chi connectivity index (χ0) is 12.9. The molecule has 2 nitrogen and oxygen atoms in total. The fourth-order valence-electron chi connectivity index (χ4n) is 1.51. The number of nitrogens with one attached hydrogen (secondary N) is 1. The van der Waals surface area contributed by atoms with Gasteiger partial charge >= 0.3 is 6.18 Å². The first kappa shape index (κ1) is 14.5. The van der Waals surface area contributed by atoms with E-state index >= 15 is 0 Å². The SMILES string of the molecule is NNC(CCC(F)(F)F)Cc1ccccc1Br. The Kier molecular flexibility index (Phi) is 5.42. The normalized spacial score (nSPS) is 13.7. The van der Waals surface area contributed by atoms with Crippen molar-refractivity contribution in [2.24, 2.45) is 5.84 Å². The van der Waals surface area contributed by atoms with Crippen molar-refractivity contribution in [1.82, 2.24) is 5.43 Å². The molecule has 1 aromatic carbocycles. The van der Waals surface area contributed by atoms with Crippen LogP contribution in [0.2, 0.25) is 0 Å². The molecule has 96 valence electrons. The zero-order valence-corrected chi connectivity index (χ0v) is 10.7. The maximum atomic E-state index is 12.1. The minimum absolute atomic E-state index is 0.0265. The molecule has 6 heteroatoms. The highest BCUT2D eigenvalue weighted by atomic mass is 79.9. The van der Waals surface area contributed by atoms with Gasteiger partial charge in [-0.1, -0.05) is 34.1 Å². The first-order valence-corrected chi connectivity index (χ1v) is 5.98. The second-order valence-corrected chi connectivity index (χ2v) is 4.67. The van der Waals surface area contributed by atoms with Crippen molar-refractivity contribution in [1.29, 1.82) is 0 Å². The van der Waals surface area contributed by atoms with Gasteiger partial charge in [-0.2, -0.15) is 13.2 Å². The number of hydrazine groups is 1. The largest absolute Gasteiger partial charge is 0.389 e. The van der Waals surface area contributed by atoms with E-state index in [1.807, 2.05) is 24.3 Å². The number of benzene rings is 1. The van der Waals surface area contributed by atoms with Crippen LogP contribution in [-0.2, 0) is 6.42 Å². The van der Waals surface area contributed by atoms with Crippen LogP contribution in [0.4, 0.5) is 13.2 Å². The summed E-state index contributed by atoms with van der Waals surface area (Å²) < 4.78 is 37.2. The molecule has 1 unspecified atom stereocenters. The molecule has 0 aromatic heterocycles. The molecule has 0 aliphatic rings. The Morgan fingerprint density at radius 2 is 1.94 bits per heavy atom. The Hall–Kier alpha value is -0.590. The molecule has 17 heavy (non-hydrogen) atoms. The summed E-state index contributed by atoms with van der Waals surface area (Å²) in [5, 5.41) is 0. The average molecular weight is 311 g/mol. The van der Waals surface area contributed by atoms with Crippen LogP contribution in [0.15, 0.2) is 28.7 Å². The van der Waals surface area contributed by atoms with Crippen LogP contribution < -0.4 is 11.3 Å². The number of nitrogens with two attached hydrogens (primary N) is 1. The Labute approximate surface area is 106 Å². The highest BCUT2D eigenvalue weighted by molar-refractivity contribution is 9.10. The van der Waals surface area contributed by atoms with E-state index < -0.39 is 12.6 Å². The molecule has 0 heterocycles. The molecule has 0 aliphatic carbocycles. The first-order chi connectivity index (χ1) is 7.92. The summed E-state index contributed by atoms with van der Waals surface area (Å²) >= 11 is 3.35. The highest BCUT2D eigenvalue weighted by Gasteiger charge is 2.28. The van der Waals surface area contributed by atoms with Crippen LogP contribution in [0.25, 0.3) is 0 Å². The maximum Gasteiger partial charge on any atom is 0.389 e. The van der Waals surface area contributed by atoms with Gasteiger partial charge < -0.3 is 0 Å². The topological polar surface area (TPSA) is 38.0 Å². The monoisotopic (exact) mass is 310 g/mol. The molecule has 0 radical (unpaired) electrons. The fourth-order valence-corrected chi connectivity index (χ4v) is 1.96. The zero-order valence-electron chi connectivity index (χ0n) is 9.10. The molecule has 0 aliphatic heterocycles. The number of hydrogen-bond donors (Lipinski definition) is 2. The van der Waals surface area contributed by atoms with E-state index in [0.29, 0.717) is 6.42 Å². The molecule has 0 spiro atoms. The van der Waals surface area contributed by atoms with Crippen molar-refractivity contribution in [3.8, 4) is 0 Å². The van der Waals surface area contributed by atoms with Crippen LogP contribution >= 0.6 is 15.9 Å². The van der Waals surface area contributed by atoms with E-state index in [2.05, 4.69) is 21.4 Å². The maximum absolute atomic E-state index is 12.1. The predicted molar refractivity (Wildman–Crippen MR) is 64.2 cm³/mol.